The normalized spacial score (nSPS) is 12.2. The molecule has 4 heteroatoms. The molecule has 0 saturated carbocycles. The lowest BCUT2D eigenvalue weighted by atomic mass is 10.1. The molecule has 0 aliphatic rings. The highest BCUT2D eigenvalue weighted by molar-refractivity contribution is 6.30. The molecular weight excluding hydrogens is 270 g/mol. The second kappa shape index (κ2) is 6.71. The number of aryl methyl sites for hydroxylation is 1. The molecular formula is C16H20ClN3. The molecule has 1 aromatic carbocycles. The van der Waals surface area contributed by atoms with E-state index in [1.807, 2.05) is 19.9 Å². The summed E-state index contributed by atoms with van der Waals surface area (Å²) in [6.45, 7) is 6.12. The van der Waals surface area contributed by atoms with Gasteiger partial charge in [-0.25, -0.2) is 9.97 Å². The first-order chi connectivity index (χ1) is 9.60. The lowest BCUT2D eigenvalue weighted by Gasteiger charge is -2.17. The molecule has 2 rings (SSSR count). The molecule has 0 amide bonds. The van der Waals surface area contributed by atoms with Gasteiger partial charge in [-0.3, -0.25) is 0 Å². The molecule has 2 aromatic rings. The maximum absolute atomic E-state index is 6.15. The van der Waals surface area contributed by atoms with E-state index in [-0.39, 0.29) is 6.04 Å². The lowest BCUT2D eigenvalue weighted by molar-refractivity contribution is 0.777. The van der Waals surface area contributed by atoms with Crippen LogP contribution in [0.5, 0.6) is 0 Å². The van der Waals surface area contributed by atoms with Gasteiger partial charge in [-0.05, 0) is 25.8 Å². The minimum atomic E-state index is 0.284. The van der Waals surface area contributed by atoms with E-state index in [2.05, 4.69) is 46.5 Å². The van der Waals surface area contributed by atoms with E-state index < -0.39 is 0 Å². The molecule has 1 aromatic heterocycles. The van der Waals surface area contributed by atoms with Crippen LogP contribution in [-0.4, -0.2) is 16.0 Å². The summed E-state index contributed by atoms with van der Waals surface area (Å²) >= 11 is 6.15. The van der Waals surface area contributed by atoms with Gasteiger partial charge in [0.15, 0.2) is 0 Å². The number of hydrogen-bond acceptors (Lipinski definition) is 3. The topological polar surface area (TPSA) is 37.8 Å². The van der Waals surface area contributed by atoms with Gasteiger partial charge in [0.05, 0.1) is 0 Å². The summed E-state index contributed by atoms with van der Waals surface area (Å²) in [4.78, 5) is 8.78. The van der Waals surface area contributed by atoms with Crippen LogP contribution in [0.4, 0.5) is 5.82 Å². The van der Waals surface area contributed by atoms with Crippen molar-refractivity contribution in [1.82, 2.24) is 9.97 Å². The van der Waals surface area contributed by atoms with Crippen molar-refractivity contribution >= 4 is 17.4 Å². The lowest BCUT2D eigenvalue weighted by Crippen LogP contribution is -2.20. The molecule has 0 saturated heterocycles. The molecule has 0 bridgehead atoms. The molecule has 0 aliphatic carbocycles. The Labute approximate surface area is 125 Å². The van der Waals surface area contributed by atoms with E-state index >= 15 is 0 Å². The van der Waals surface area contributed by atoms with E-state index in [0.717, 1.165) is 30.0 Å². The van der Waals surface area contributed by atoms with E-state index in [4.69, 9.17) is 11.6 Å². The molecule has 1 heterocycles. The van der Waals surface area contributed by atoms with Crippen LogP contribution in [0, 0.1) is 6.92 Å². The van der Waals surface area contributed by atoms with Crippen molar-refractivity contribution in [3.8, 4) is 0 Å². The number of aromatic nitrogens is 2. The fourth-order valence-corrected chi connectivity index (χ4v) is 2.27. The van der Waals surface area contributed by atoms with Crippen molar-refractivity contribution in [2.75, 3.05) is 5.32 Å². The van der Waals surface area contributed by atoms with E-state index in [9.17, 15) is 0 Å². The highest BCUT2D eigenvalue weighted by Gasteiger charge is 2.11. The Kier molecular flexibility index (Phi) is 4.96. The maximum atomic E-state index is 6.15. The highest BCUT2D eigenvalue weighted by Crippen LogP contribution is 2.21. The van der Waals surface area contributed by atoms with Gasteiger partial charge in [0, 0.05) is 18.0 Å². The SMILES string of the molecule is CCc1nc(Cl)c(C)c(NC(C)Cc2ccccc2)n1. The molecule has 0 fully saturated rings. The smallest absolute Gasteiger partial charge is 0.137 e. The Hall–Kier alpha value is -1.61. The fourth-order valence-electron chi connectivity index (χ4n) is 2.08. The molecule has 3 nitrogen and oxygen atoms in total. The van der Waals surface area contributed by atoms with Gasteiger partial charge in [-0.1, -0.05) is 48.9 Å². The first-order valence-corrected chi connectivity index (χ1v) is 7.31. The zero-order valence-electron chi connectivity index (χ0n) is 12.2. The van der Waals surface area contributed by atoms with Crippen LogP contribution in [0.2, 0.25) is 5.15 Å². The quantitative estimate of drug-likeness (QED) is 0.844. The molecule has 1 atom stereocenters. The van der Waals surface area contributed by atoms with Crippen LogP contribution in [0.3, 0.4) is 0 Å². The van der Waals surface area contributed by atoms with Gasteiger partial charge < -0.3 is 5.32 Å². The molecule has 0 aliphatic heterocycles. The second-order valence-corrected chi connectivity index (χ2v) is 5.35. The van der Waals surface area contributed by atoms with Crippen molar-refractivity contribution in [1.29, 1.82) is 0 Å². The Morgan fingerprint density at radius 1 is 1.20 bits per heavy atom. The van der Waals surface area contributed by atoms with Gasteiger partial charge in [-0.2, -0.15) is 0 Å². The summed E-state index contributed by atoms with van der Waals surface area (Å²) in [5.74, 6) is 1.61. The third-order valence-electron chi connectivity index (χ3n) is 3.22. The Balaban J connectivity index is 2.11. The van der Waals surface area contributed by atoms with E-state index in [1.165, 1.54) is 5.56 Å². The van der Waals surface area contributed by atoms with Gasteiger partial charge >= 0.3 is 0 Å². The van der Waals surface area contributed by atoms with E-state index in [1.54, 1.807) is 0 Å². The molecule has 0 radical (unpaired) electrons. The van der Waals surface area contributed by atoms with Crippen LogP contribution in [-0.2, 0) is 12.8 Å². The van der Waals surface area contributed by atoms with Crippen molar-refractivity contribution in [2.45, 2.75) is 39.7 Å². The summed E-state index contributed by atoms with van der Waals surface area (Å²) < 4.78 is 0. The second-order valence-electron chi connectivity index (χ2n) is 4.99. The van der Waals surface area contributed by atoms with Crippen molar-refractivity contribution < 1.29 is 0 Å². The van der Waals surface area contributed by atoms with Crippen molar-refractivity contribution in [3.05, 3.63) is 52.4 Å². The molecule has 1 N–H and O–H groups in total. The number of nitrogens with zero attached hydrogens (tertiary/aromatic N) is 2. The summed E-state index contributed by atoms with van der Waals surface area (Å²) in [6.07, 6.45) is 1.73. The van der Waals surface area contributed by atoms with Crippen LogP contribution in [0.1, 0.15) is 30.8 Å². The number of nitrogens with one attached hydrogen (secondary N) is 1. The minimum Gasteiger partial charge on any atom is -0.367 e. The van der Waals surface area contributed by atoms with Crippen molar-refractivity contribution in [3.63, 3.8) is 0 Å². The first-order valence-electron chi connectivity index (χ1n) is 6.93. The average Bonchev–Trinajstić information content (AvgIpc) is 2.44. The van der Waals surface area contributed by atoms with Gasteiger partial charge in [0.2, 0.25) is 0 Å². The summed E-state index contributed by atoms with van der Waals surface area (Å²) in [5.41, 5.74) is 2.21. The van der Waals surface area contributed by atoms with Gasteiger partial charge in [0.25, 0.3) is 0 Å². The summed E-state index contributed by atoms with van der Waals surface area (Å²) in [7, 11) is 0. The van der Waals surface area contributed by atoms with Crippen LogP contribution >= 0.6 is 11.6 Å². The molecule has 20 heavy (non-hydrogen) atoms. The van der Waals surface area contributed by atoms with Crippen molar-refractivity contribution in [2.24, 2.45) is 0 Å². The molecule has 0 spiro atoms. The number of hydrogen-bond donors (Lipinski definition) is 1. The van der Waals surface area contributed by atoms with E-state index in [0.29, 0.717) is 5.15 Å². The number of anilines is 1. The average molecular weight is 290 g/mol. The number of halogens is 1. The third-order valence-corrected chi connectivity index (χ3v) is 3.58. The zero-order chi connectivity index (χ0) is 14.5. The third kappa shape index (κ3) is 3.70. The van der Waals surface area contributed by atoms with Crippen LogP contribution in [0.15, 0.2) is 30.3 Å². The zero-order valence-corrected chi connectivity index (χ0v) is 12.9. The molecule has 1 unspecified atom stereocenters. The Bertz CT molecular complexity index is 569. The largest absolute Gasteiger partial charge is 0.367 e. The number of benzene rings is 1. The Morgan fingerprint density at radius 2 is 1.90 bits per heavy atom. The Morgan fingerprint density at radius 3 is 2.55 bits per heavy atom. The predicted molar refractivity (Wildman–Crippen MR) is 84.4 cm³/mol. The maximum Gasteiger partial charge on any atom is 0.137 e. The van der Waals surface area contributed by atoms with Crippen LogP contribution < -0.4 is 5.32 Å². The fraction of sp³-hybridized carbons (Fsp3) is 0.375. The van der Waals surface area contributed by atoms with Gasteiger partial charge in [-0.15, -0.1) is 0 Å². The molecule has 106 valence electrons. The first kappa shape index (κ1) is 14.8. The minimum absolute atomic E-state index is 0.284. The predicted octanol–water partition coefficient (Wildman–Crippen LogP) is 4.04. The number of rotatable bonds is 5. The summed E-state index contributed by atoms with van der Waals surface area (Å²) in [6, 6.07) is 10.7. The summed E-state index contributed by atoms with van der Waals surface area (Å²) in [5, 5.41) is 3.97. The highest BCUT2D eigenvalue weighted by atomic mass is 35.5. The standard InChI is InChI=1S/C16H20ClN3/c1-4-14-19-15(17)12(3)16(20-14)18-11(2)10-13-8-6-5-7-9-13/h5-9,11H,4,10H2,1-3H3,(H,18,19,20). The monoisotopic (exact) mass is 289 g/mol. The van der Waals surface area contributed by atoms with Gasteiger partial charge in [0.1, 0.15) is 16.8 Å². The van der Waals surface area contributed by atoms with Crippen LogP contribution in [0.25, 0.3) is 0 Å².